The number of benzene rings is 3. The van der Waals surface area contributed by atoms with Gasteiger partial charge < -0.3 is 4.74 Å². The summed E-state index contributed by atoms with van der Waals surface area (Å²) in [6, 6.07) is 12.9. The summed E-state index contributed by atoms with van der Waals surface area (Å²) in [6.07, 6.45) is 19.8. The Kier molecular flexibility index (Phi) is 13.2. The topological polar surface area (TPSA) is 9.23 Å². The van der Waals surface area contributed by atoms with Gasteiger partial charge in [-0.2, -0.15) is 4.39 Å². The van der Waals surface area contributed by atoms with Gasteiger partial charge in [-0.15, -0.1) is 0 Å². The first-order chi connectivity index (χ1) is 22.9. The molecule has 0 N–H and O–H groups in total. The number of unbranched alkanes of at least 4 members (excludes halogenated alkanes) is 6. The molecule has 0 spiro atoms. The molecule has 0 aromatic heterocycles. The maximum atomic E-state index is 15.5. The van der Waals surface area contributed by atoms with Gasteiger partial charge in [0.2, 0.25) is 5.82 Å². The molecule has 256 valence electrons. The first-order valence-electron chi connectivity index (χ1n) is 18.6. The van der Waals surface area contributed by atoms with E-state index in [9.17, 15) is 4.39 Å². The smallest absolute Gasteiger partial charge is 0.201 e. The van der Waals surface area contributed by atoms with Crippen LogP contribution in [0.4, 0.5) is 17.6 Å². The highest BCUT2D eigenvalue weighted by molar-refractivity contribution is 5.72. The summed E-state index contributed by atoms with van der Waals surface area (Å²) in [7, 11) is 0. The lowest BCUT2D eigenvalue weighted by Crippen LogP contribution is -2.25. The average molecular weight is 651 g/mol. The largest absolute Gasteiger partial charge is 0.490 e. The van der Waals surface area contributed by atoms with Crippen molar-refractivity contribution < 1.29 is 22.3 Å². The second-order valence-electron chi connectivity index (χ2n) is 14.3. The van der Waals surface area contributed by atoms with E-state index in [2.05, 4.69) is 13.8 Å². The third-order valence-corrected chi connectivity index (χ3v) is 11.1. The van der Waals surface area contributed by atoms with Gasteiger partial charge in [0, 0.05) is 11.1 Å². The summed E-state index contributed by atoms with van der Waals surface area (Å²) in [5, 5.41) is 0. The zero-order chi connectivity index (χ0) is 33.2. The molecule has 3 aromatic rings. The Bertz CT molecular complexity index is 1400. The van der Waals surface area contributed by atoms with Gasteiger partial charge >= 0.3 is 0 Å². The molecule has 0 aliphatic heterocycles. The average Bonchev–Trinajstić information content (AvgIpc) is 3.10. The first kappa shape index (κ1) is 35.5. The highest BCUT2D eigenvalue weighted by Crippen LogP contribution is 2.45. The Labute approximate surface area is 280 Å². The monoisotopic (exact) mass is 650 g/mol. The molecule has 0 heterocycles. The third-order valence-electron chi connectivity index (χ3n) is 11.1. The van der Waals surface area contributed by atoms with Crippen LogP contribution in [0, 0.1) is 41.0 Å². The number of halogens is 4. The van der Waals surface area contributed by atoms with Gasteiger partial charge in [0.15, 0.2) is 23.2 Å². The lowest BCUT2D eigenvalue weighted by atomic mass is 9.68. The molecule has 0 amide bonds. The van der Waals surface area contributed by atoms with Crippen molar-refractivity contribution in [2.45, 2.75) is 129 Å². The molecule has 2 aliphatic carbocycles. The summed E-state index contributed by atoms with van der Waals surface area (Å²) in [5.74, 6) is -1.20. The van der Waals surface area contributed by atoms with E-state index < -0.39 is 23.3 Å². The SMILES string of the molecule is CCCCCCCCCOc1ccc(-c2ccc(-c3ccc(C4CCC(C5CCC(CCC)CC5)CC4)c(F)c3F)cc2)c(F)c1F. The van der Waals surface area contributed by atoms with E-state index in [4.69, 9.17) is 4.74 Å². The molecule has 2 saturated carbocycles. The van der Waals surface area contributed by atoms with Crippen LogP contribution in [-0.2, 0) is 0 Å². The van der Waals surface area contributed by atoms with Gasteiger partial charge in [-0.1, -0.05) is 114 Å². The standard InChI is InChI=1S/C42H54F4O/c1-3-5-6-7-8-9-10-28-47-38-27-26-37(41(45)42(38)46)34-22-20-33(21-23-34)36-25-24-35(39(43)40(36)44)32-18-16-31(17-19-32)30-14-12-29(11-4-2)13-15-30/h20-27,29-32H,3-19,28H2,1-2H3. The van der Waals surface area contributed by atoms with Crippen molar-refractivity contribution in [1.82, 2.24) is 0 Å². The first-order valence-corrected chi connectivity index (χ1v) is 18.6. The maximum Gasteiger partial charge on any atom is 0.201 e. The van der Waals surface area contributed by atoms with E-state index in [1.165, 1.54) is 76.3 Å². The molecule has 0 unspecified atom stereocenters. The van der Waals surface area contributed by atoms with E-state index in [0.717, 1.165) is 62.7 Å². The van der Waals surface area contributed by atoms with Gasteiger partial charge in [-0.25, -0.2) is 13.2 Å². The Balaban J connectivity index is 1.16. The van der Waals surface area contributed by atoms with Crippen molar-refractivity contribution in [1.29, 1.82) is 0 Å². The van der Waals surface area contributed by atoms with E-state index >= 15 is 13.2 Å². The van der Waals surface area contributed by atoms with Crippen molar-refractivity contribution in [2.24, 2.45) is 17.8 Å². The van der Waals surface area contributed by atoms with E-state index in [1.54, 1.807) is 36.4 Å². The van der Waals surface area contributed by atoms with Crippen LogP contribution in [0.2, 0.25) is 0 Å². The molecule has 5 rings (SSSR count). The van der Waals surface area contributed by atoms with Gasteiger partial charge in [0.25, 0.3) is 0 Å². The lowest BCUT2D eigenvalue weighted by Gasteiger charge is -2.38. The third kappa shape index (κ3) is 9.00. The quantitative estimate of drug-likeness (QED) is 0.117. The summed E-state index contributed by atoms with van der Waals surface area (Å²) < 4.78 is 66.4. The van der Waals surface area contributed by atoms with E-state index in [0.29, 0.717) is 23.3 Å². The molecule has 3 aromatic carbocycles. The van der Waals surface area contributed by atoms with Gasteiger partial charge in [0.05, 0.1) is 6.61 Å². The second kappa shape index (κ2) is 17.5. The number of hydrogen-bond donors (Lipinski definition) is 0. The lowest BCUT2D eigenvalue weighted by molar-refractivity contribution is 0.156. The zero-order valence-electron chi connectivity index (χ0n) is 28.6. The van der Waals surface area contributed by atoms with Crippen LogP contribution in [-0.4, -0.2) is 6.61 Å². The predicted octanol–water partition coefficient (Wildman–Crippen LogP) is 13.6. The van der Waals surface area contributed by atoms with Crippen LogP contribution in [0.5, 0.6) is 5.75 Å². The van der Waals surface area contributed by atoms with Crippen LogP contribution >= 0.6 is 0 Å². The van der Waals surface area contributed by atoms with Crippen LogP contribution < -0.4 is 4.74 Å². The molecule has 0 saturated heterocycles. The van der Waals surface area contributed by atoms with Crippen LogP contribution in [0.1, 0.15) is 134 Å². The molecule has 0 bridgehead atoms. The fourth-order valence-corrected chi connectivity index (χ4v) is 8.30. The molecule has 5 heteroatoms. The molecule has 1 nitrogen and oxygen atoms in total. The fraction of sp³-hybridized carbons (Fsp3) is 0.571. The normalized spacial score (nSPS) is 21.6. The van der Waals surface area contributed by atoms with Gasteiger partial charge in [0.1, 0.15) is 0 Å². The number of hydrogen-bond acceptors (Lipinski definition) is 1. The summed E-state index contributed by atoms with van der Waals surface area (Å²) in [5.41, 5.74) is 1.71. The molecular formula is C42H54F4O. The minimum absolute atomic E-state index is 0.0500. The minimum Gasteiger partial charge on any atom is -0.490 e. The van der Waals surface area contributed by atoms with E-state index in [1.807, 2.05) is 0 Å². The Morgan fingerprint density at radius 3 is 1.66 bits per heavy atom. The van der Waals surface area contributed by atoms with E-state index in [-0.39, 0.29) is 22.8 Å². The van der Waals surface area contributed by atoms with Crippen molar-refractivity contribution in [3.8, 4) is 28.0 Å². The van der Waals surface area contributed by atoms with Crippen molar-refractivity contribution in [3.63, 3.8) is 0 Å². The molecule has 0 radical (unpaired) electrons. The number of ether oxygens (including phenoxy) is 1. The highest BCUT2D eigenvalue weighted by atomic mass is 19.2. The maximum absolute atomic E-state index is 15.5. The summed E-state index contributed by atoms with van der Waals surface area (Å²) >= 11 is 0. The minimum atomic E-state index is -1.01. The molecule has 0 atom stereocenters. The Hall–Kier alpha value is -2.82. The predicted molar refractivity (Wildman–Crippen MR) is 186 cm³/mol. The van der Waals surface area contributed by atoms with Crippen molar-refractivity contribution in [2.75, 3.05) is 6.61 Å². The molecule has 2 aliphatic rings. The highest BCUT2D eigenvalue weighted by Gasteiger charge is 2.32. The molecular weight excluding hydrogens is 596 g/mol. The van der Waals surface area contributed by atoms with Crippen molar-refractivity contribution in [3.05, 3.63) is 77.4 Å². The molecule has 2 fully saturated rings. The second-order valence-corrected chi connectivity index (χ2v) is 14.3. The van der Waals surface area contributed by atoms with Gasteiger partial charge in [-0.05, 0) is 97.4 Å². The zero-order valence-corrected chi connectivity index (χ0v) is 28.6. The number of rotatable bonds is 15. The Morgan fingerprint density at radius 2 is 1.06 bits per heavy atom. The van der Waals surface area contributed by atoms with Crippen LogP contribution in [0.3, 0.4) is 0 Å². The van der Waals surface area contributed by atoms with Crippen molar-refractivity contribution >= 4 is 0 Å². The Morgan fingerprint density at radius 1 is 0.532 bits per heavy atom. The summed E-state index contributed by atoms with van der Waals surface area (Å²) in [4.78, 5) is 0. The summed E-state index contributed by atoms with van der Waals surface area (Å²) in [6.45, 7) is 4.81. The molecule has 47 heavy (non-hydrogen) atoms. The van der Waals surface area contributed by atoms with Gasteiger partial charge in [-0.3, -0.25) is 0 Å². The fourth-order valence-electron chi connectivity index (χ4n) is 8.30. The van der Waals surface area contributed by atoms with Crippen LogP contribution in [0.25, 0.3) is 22.3 Å². The van der Waals surface area contributed by atoms with Crippen LogP contribution in [0.15, 0.2) is 48.5 Å².